The van der Waals surface area contributed by atoms with Crippen molar-refractivity contribution in [3.8, 4) is 0 Å². The molecule has 1 N–H and O–H groups in total. The lowest BCUT2D eigenvalue weighted by atomic mass is 10.1. The first kappa shape index (κ1) is 8.98. The van der Waals surface area contributed by atoms with Gasteiger partial charge in [0.15, 0.2) is 0 Å². The van der Waals surface area contributed by atoms with Gasteiger partial charge in [-0.1, -0.05) is 12.1 Å². The van der Waals surface area contributed by atoms with Crippen LogP contribution in [-0.2, 0) is 13.1 Å². The lowest BCUT2D eigenvalue weighted by Crippen LogP contribution is -2.27. The van der Waals surface area contributed by atoms with Gasteiger partial charge in [-0.2, -0.15) is 0 Å². The van der Waals surface area contributed by atoms with E-state index in [-0.39, 0.29) is 0 Å². The topological polar surface area (TPSA) is 17.0 Å². The van der Waals surface area contributed by atoms with Crippen LogP contribution >= 0.6 is 0 Å². The van der Waals surface area contributed by atoms with Gasteiger partial charge in [0.1, 0.15) is 0 Å². The molecule has 15 heavy (non-hydrogen) atoms. The normalized spacial score (nSPS) is 15.6. The molecule has 0 bridgehead atoms. The van der Waals surface area contributed by atoms with Crippen LogP contribution in [0.2, 0.25) is 0 Å². The summed E-state index contributed by atoms with van der Waals surface area (Å²) >= 11 is 0. The van der Waals surface area contributed by atoms with E-state index >= 15 is 0 Å². The predicted molar refractivity (Wildman–Crippen MR) is 63.1 cm³/mol. The van der Waals surface area contributed by atoms with E-state index in [1.165, 1.54) is 27.7 Å². The molecule has 2 heteroatoms. The van der Waals surface area contributed by atoms with E-state index in [2.05, 4.69) is 41.9 Å². The molecule has 78 valence electrons. The number of rotatable bonds is 0. The summed E-state index contributed by atoms with van der Waals surface area (Å²) in [6, 6.07) is 6.76. The Kier molecular flexibility index (Phi) is 1.86. The predicted octanol–water partition coefficient (Wildman–Crippen LogP) is 2.36. The van der Waals surface area contributed by atoms with Crippen molar-refractivity contribution in [1.29, 1.82) is 0 Å². The molecule has 1 aliphatic rings. The standard InChI is InChI=1S/C13H16N2/c1-9-3-4-11-10(2)13-8-14-5-6-15(13)12(11)7-9/h3-4,7,14H,5-6,8H2,1-2H3. The third-order valence-electron chi connectivity index (χ3n) is 3.41. The van der Waals surface area contributed by atoms with Gasteiger partial charge in [0.05, 0.1) is 0 Å². The molecule has 0 radical (unpaired) electrons. The molecule has 0 saturated carbocycles. The van der Waals surface area contributed by atoms with Crippen molar-refractivity contribution < 1.29 is 0 Å². The van der Waals surface area contributed by atoms with Crippen LogP contribution in [0.3, 0.4) is 0 Å². The van der Waals surface area contributed by atoms with Crippen molar-refractivity contribution >= 4 is 10.9 Å². The monoisotopic (exact) mass is 200 g/mol. The van der Waals surface area contributed by atoms with Gasteiger partial charge >= 0.3 is 0 Å². The second-order valence-electron chi connectivity index (χ2n) is 4.42. The van der Waals surface area contributed by atoms with E-state index in [0.29, 0.717) is 0 Å². The van der Waals surface area contributed by atoms with E-state index < -0.39 is 0 Å². The average molecular weight is 200 g/mol. The third-order valence-corrected chi connectivity index (χ3v) is 3.41. The molecule has 2 nitrogen and oxygen atoms in total. The highest BCUT2D eigenvalue weighted by molar-refractivity contribution is 5.86. The molecule has 1 aromatic heterocycles. The maximum Gasteiger partial charge on any atom is 0.0488 e. The molecule has 2 aromatic rings. The number of fused-ring (bicyclic) bond motifs is 3. The lowest BCUT2D eigenvalue weighted by Gasteiger charge is -2.18. The summed E-state index contributed by atoms with van der Waals surface area (Å²) < 4.78 is 2.47. The molecular weight excluding hydrogens is 184 g/mol. The maximum atomic E-state index is 3.44. The summed E-state index contributed by atoms with van der Waals surface area (Å²) in [6.45, 7) is 7.60. The Bertz CT molecular complexity index is 523. The minimum absolute atomic E-state index is 1.01. The Morgan fingerprint density at radius 1 is 1.27 bits per heavy atom. The molecule has 0 unspecified atom stereocenters. The number of benzene rings is 1. The van der Waals surface area contributed by atoms with E-state index in [0.717, 1.165) is 19.6 Å². The van der Waals surface area contributed by atoms with Gasteiger partial charge < -0.3 is 9.88 Å². The van der Waals surface area contributed by atoms with Crippen LogP contribution in [0.15, 0.2) is 18.2 Å². The quantitative estimate of drug-likeness (QED) is 0.691. The highest BCUT2D eigenvalue weighted by Gasteiger charge is 2.16. The molecular formula is C13H16N2. The first-order valence-electron chi connectivity index (χ1n) is 5.56. The van der Waals surface area contributed by atoms with E-state index in [1.807, 2.05) is 0 Å². The molecule has 0 aliphatic carbocycles. The third kappa shape index (κ3) is 1.21. The zero-order valence-corrected chi connectivity index (χ0v) is 9.30. The van der Waals surface area contributed by atoms with E-state index in [4.69, 9.17) is 0 Å². The van der Waals surface area contributed by atoms with E-state index in [1.54, 1.807) is 0 Å². The van der Waals surface area contributed by atoms with E-state index in [9.17, 15) is 0 Å². The lowest BCUT2D eigenvalue weighted by molar-refractivity contribution is 0.524. The molecule has 0 amide bonds. The Morgan fingerprint density at radius 2 is 2.13 bits per heavy atom. The minimum Gasteiger partial charge on any atom is -0.342 e. The van der Waals surface area contributed by atoms with Gasteiger partial charge in [0.2, 0.25) is 0 Å². The molecule has 0 spiro atoms. The molecule has 1 aliphatic heterocycles. The second-order valence-corrected chi connectivity index (χ2v) is 4.42. The molecule has 1 aromatic carbocycles. The first-order valence-corrected chi connectivity index (χ1v) is 5.56. The second kappa shape index (κ2) is 3.11. The van der Waals surface area contributed by atoms with Gasteiger partial charge in [-0.3, -0.25) is 0 Å². The van der Waals surface area contributed by atoms with Crippen LogP contribution in [0, 0.1) is 13.8 Å². The van der Waals surface area contributed by atoms with Crippen molar-refractivity contribution in [2.75, 3.05) is 6.54 Å². The van der Waals surface area contributed by atoms with Crippen LogP contribution < -0.4 is 5.32 Å². The fraction of sp³-hybridized carbons (Fsp3) is 0.385. The Labute approximate surface area is 89.9 Å². The van der Waals surface area contributed by atoms with Gasteiger partial charge in [-0.15, -0.1) is 0 Å². The summed E-state index contributed by atoms with van der Waals surface area (Å²) in [5, 5.41) is 4.85. The smallest absolute Gasteiger partial charge is 0.0488 e. The molecule has 0 atom stereocenters. The number of aryl methyl sites for hydroxylation is 2. The molecule has 2 heterocycles. The number of hydrogen-bond donors (Lipinski definition) is 1. The van der Waals surface area contributed by atoms with Crippen molar-refractivity contribution in [1.82, 2.24) is 9.88 Å². The number of aromatic nitrogens is 1. The van der Waals surface area contributed by atoms with Gasteiger partial charge in [-0.25, -0.2) is 0 Å². The average Bonchev–Trinajstić information content (AvgIpc) is 2.54. The maximum absolute atomic E-state index is 3.44. The highest BCUT2D eigenvalue weighted by atomic mass is 15.1. The Hall–Kier alpha value is -1.28. The van der Waals surface area contributed by atoms with Crippen molar-refractivity contribution in [2.45, 2.75) is 26.9 Å². The van der Waals surface area contributed by atoms with Gasteiger partial charge in [0.25, 0.3) is 0 Å². The van der Waals surface area contributed by atoms with Crippen LogP contribution in [0.1, 0.15) is 16.8 Å². The van der Waals surface area contributed by atoms with Crippen molar-refractivity contribution in [3.05, 3.63) is 35.0 Å². The van der Waals surface area contributed by atoms with Gasteiger partial charge in [-0.05, 0) is 31.0 Å². The summed E-state index contributed by atoms with van der Waals surface area (Å²) in [4.78, 5) is 0. The summed E-state index contributed by atoms with van der Waals surface area (Å²) in [5.41, 5.74) is 5.66. The molecule has 3 rings (SSSR count). The SMILES string of the molecule is Cc1ccc2c(C)c3n(c2c1)CCNC3. The van der Waals surface area contributed by atoms with Crippen LogP contribution in [0.4, 0.5) is 0 Å². The van der Waals surface area contributed by atoms with Crippen LogP contribution in [0.5, 0.6) is 0 Å². The Morgan fingerprint density at radius 3 is 3.00 bits per heavy atom. The fourth-order valence-corrected chi connectivity index (χ4v) is 2.57. The number of nitrogens with one attached hydrogen (secondary N) is 1. The largest absolute Gasteiger partial charge is 0.342 e. The van der Waals surface area contributed by atoms with Crippen LogP contribution in [0.25, 0.3) is 10.9 Å². The minimum atomic E-state index is 1.01. The molecule has 0 fully saturated rings. The summed E-state index contributed by atoms with van der Waals surface area (Å²) in [7, 11) is 0. The molecule has 0 saturated heterocycles. The fourth-order valence-electron chi connectivity index (χ4n) is 2.57. The zero-order valence-electron chi connectivity index (χ0n) is 9.30. The zero-order chi connectivity index (χ0) is 10.4. The van der Waals surface area contributed by atoms with Crippen LogP contribution in [-0.4, -0.2) is 11.1 Å². The summed E-state index contributed by atoms with van der Waals surface area (Å²) in [6.07, 6.45) is 0. The van der Waals surface area contributed by atoms with Crippen molar-refractivity contribution in [3.63, 3.8) is 0 Å². The first-order chi connectivity index (χ1) is 7.27. The highest BCUT2D eigenvalue weighted by Crippen LogP contribution is 2.27. The Balaban J connectivity index is 2.39. The van der Waals surface area contributed by atoms with Gasteiger partial charge in [0, 0.05) is 36.2 Å². The number of nitrogens with zero attached hydrogens (tertiary/aromatic N) is 1. The van der Waals surface area contributed by atoms with Crippen molar-refractivity contribution in [2.24, 2.45) is 0 Å². The number of hydrogen-bond acceptors (Lipinski definition) is 1. The summed E-state index contributed by atoms with van der Waals surface area (Å²) in [5.74, 6) is 0.